The van der Waals surface area contributed by atoms with E-state index in [9.17, 15) is 9.59 Å². The first kappa shape index (κ1) is 14.0. The van der Waals surface area contributed by atoms with Gasteiger partial charge < -0.3 is 9.52 Å². The fraction of sp³-hybridized carbons (Fsp3) is 0.692. The molecule has 2 atom stereocenters. The highest BCUT2D eigenvalue weighted by Gasteiger charge is 2.35. The first-order valence-electron chi connectivity index (χ1n) is 7.11. The van der Waals surface area contributed by atoms with Crippen LogP contribution in [0.2, 0.25) is 0 Å². The molecule has 8 heteroatoms. The van der Waals surface area contributed by atoms with Crippen LogP contribution in [-0.4, -0.2) is 51.7 Å². The maximum atomic E-state index is 11.9. The van der Waals surface area contributed by atoms with E-state index in [1.54, 1.807) is 0 Å². The molecule has 0 bridgehead atoms. The van der Waals surface area contributed by atoms with Gasteiger partial charge in [-0.05, 0) is 18.8 Å². The molecule has 2 N–H and O–H groups in total. The summed E-state index contributed by atoms with van der Waals surface area (Å²) in [6, 6.07) is 0.115. The monoisotopic (exact) mass is 294 g/mol. The zero-order valence-electron chi connectivity index (χ0n) is 11.8. The van der Waals surface area contributed by atoms with Crippen LogP contribution in [0.1, 0.15) is 31.6 Å². The summed E-state index contributed by atoms with van der Waals surface area (Å²) in [5.74, 6) is -0.525. The number of nitrogens with zero attached hydrogens (tertiary/aromatic N) is 3. The Labute approximate surface area is 121 Å². The summed E-state index contributed by atoms with van der Waals surface area (Å²) in [6.07, 6.45) is 2.11. The largest absolute Gasteiger partial charge is 0.481 e. The molecule has 0 aromatic carbocycles. The van der Waals surface area contributed by atoms with E-state index in [0.717, 1.165) is 12.8 Å². The van der Waals surface area contributed by atoms with E-state index in [-0.39, 0.29) is 24.4 Å². The molecule has 1 aliphatic carbocycles. The highest BCUT2D eigenvalue weighted by molar-refractivity contribution is 5.90. The Hall–Kier alpha value is -1.96. The molecule has 1 aromatic heterocycles. The highest BCUT2D eigenvalue weighted by atomic mass is 16.4. The van der Waals surface area contributed by atoms with Gasteiger partial charge in [0.25, 0.3) is 0 Å². The molecule has 114 valence electrons. The Bertz CT molecular complexity index is 554. The number of carbonyl (C=O) groups excluding carboxylic acids is 1. The number of carboxylic acid groups (broad SMARTS) is 1. The van der Waals surface area contributed by atoms with Crippen LogP contribution in [0, 0.1) is 11.8 Å². The Morgan fingerprint density at radius 1 is 1.38 bits per heavy atom. The van der Waals surface area contributed by atoms with Crippen molar-refractivity contribution in [2.45, 2.75) is 25.7 Å². The number of rotatable bonds is 5. The second-order valence-corrected chi connectivity index (χ2v) is 5.88. The normalized spacial score (nSPS) is 26.0. The van der Waals surface area contributed by atoms with Crippen LogP contribution in [-0.2, 0) is 9.59 Å². The van der Waals surface area contributed by atoms with Gasteiger partial charge >= 0.3 is 12.0 Å². The maximum absolute atomic E-state index is 11.9. The van der Waals surface area contributed by atoms with Crippen molar-refractivity contribution in [1.82, 2.24) is 15.1 Å². The predicted molar refractivity (Wildman–Crippen MR) is 71.6 cm³/mol. The molecule has 2 heterocycles. The van der Waals surface area contributed by atoms with Crippen molar-refractivity contribution in [3.8, 4) is 0 Å². The van der Waals surface area contributed by atoms with Gasteiger partial charge in [0.1, 0.15) is 0 Å². The third kappa shape index (κ3) is 3.21. The van der Waals surface area contributed by atoms with Gasteiger partial charge in [0.05, 0.1) is 12.5 Å². The van der Waals surface area contributed by atoms with E-state index in [1.807, 2.05) is 11.8 Å². The molecular weight excluding hydrogens is 276 g/mol. The molecule has 1 amide bonds. The summed E-state index contributed by atoms with van der Waals surface area (Å²) in [4.78, 5) is 24.8. The molecule has 3 rings (SSSR count). The van der Waals surface area contributed by atoms with E-state index >= 15 is 0 Å². The number of amides is 1. The van der Waals surface area contributed by atoms with Crippen molar-refractivity contribution in [2.24, 2.45) is 11.8 Å². The summed E-state index contributed by atoms with van der Waals surface area (Å²) in [7, 11) is 0. The van der Waals surface area contributed by atoms with E-state index < -0.39 is 11.9 Å². The van der Waals surface area contributed by atoms with Crippen LogP contribution in [0.5, 0.6) is 0 Å². The van der Waals surface area contributed by atoms with Gasteiger partial charge in [-0.3, -0.25) is 19.8 Å². The SMILES string of the molecule is CC1CN(CC(=O)Nc2nnc(C3CC3)o2)CC1C(=O)O. The summed E-state index contributed by atoms with van der Waals surface area (Å²) >= 11 is 0. The van der Waals surface area contributed by atoms with E-state index in [0.29, 0.717) is 24.9 Å². The second kappa shape index (κ2) is 5.44. The summed E-state index contributed by atoms with van der Waals surface area (Å²) in [6.45, 7) is 3.01. The van der Waals surface area contributed by atoms with Crippen molar-refractivity contribution >= 4 is 17.9 Å². The number of aromatic nitrogens is 2. The molecule has 1 aromatic rings. The van der Waals surface area contributed by atoms with E-state index in [2.05, 4.69) is 15.5 Å². The van der Waals surface area contributed by atoms with Gasteiger partial charge in [-0.1, -0.05) is 12.0 Å². The zero-order chi connectivity index (χ0) is 15.0. The number of aliphatic carboxylic acids is 1. The number of hydrogen-bond donors (Lipinski definition) is 2. The van der Waals surface area contributed by atoms with Crippen molar-refractivity contribution < 1.29 is 19.1 Å². The molecule has 2 unspecified atom stereocenters. The molecule has 1 saturated carbocycles. The topological polar surface area (TPSA) is 109 Å². The number of carbonyl (C=O) groups is 2. The molecule has 1 aliphatic heterocycles. The lowest BCUT2D eigenvalue weighted by Crippen LogP contribution is -2.32. The van der Waals surface area contributed by atoms with Crippen LogP contribution < -0.4 is 5.32 Å². The molecule has 2 aliphatic rings. The van der Waals surface area contributed by atoms with Gasteiger partial charge in [0, 0.05) is 19.0 Å². The number of hydrogen-bond acceptors (Lipinski definition) is 6. The lowest BCUT2D eigenvalue weighted by Gasteiger charge is -2.13. The smallest absolute Gasteiger partial charge is 0.322 e. The number of likely N-dealkylation sites (tertiary alicyclic amines) is 1. The number of anilines is 1. The average Bonchev–Trinajstić information content (AvgIpc) is 3.05. The molecular formula is C13H18N4O4. The summed E-state index contributed by atoms with van der Waals surface area (Å²) in [5.41, 5.74) is 0. The van der Waals surface area contributed by atoms with Crippen molar-refractivity contribution in [1.29, 1.82) is 0 Å². The molecule has 0 spiro atoms. The van der Waals surface area contributed by atoms with Gasteiger partial charge in [-0.2, -0.15) is 0 Å². The van der Waals surface area contributed by atoms with Crippen LogP contribution in [0.25, 0.3) is 0 Å². The molecule has 21 heavy (non-hydrogen) atoms. The van der Waals surface area contributed by atoms with Crippen molar-refractivity contribution in [2.75, 3.05) is 25.0 Å². The minimum Gasteiger partial charge on any atom is -0.481 e. The summed E-state index contributed by atoms with van der Waals surface area (Å²) in [5, 5.41) is 19.3. The summed E-state index contributed by atoms with van der Waals surface area (Å²) < 4.78 is 5.36. The number of carboxylic acids is 1. The molecule has 1 saturated heterocycles. The van der Waals surface area contributed by atoms with Gasteiger partial charge in [0.15, 0.2) is 0 Å². The quantitative estimate of drug-likeness (QED) is 0.815. The fourth-order valence-electron chi connectivity index (χ4n) is 2.66. The van der Waals surface area contributed by atoms with E-state index in [4.69, 9.17) is 9.52 Å². The minimum atomic E-state index is -0.809. The Balaban J connectivity index is 1.50. The minimum absolute atomic E-state index is 0.0418. The lowest BCUT2D eigenvalue weighted by atomic mass is 9.99. The lowest BCUT2D eigenvalue weighted by molar-refractivity contribution is -0.142. The third-order valence-corrected chi connectivity index (χ3v) is 3.99. The highest BCUT2D eigenvalue weighted by Crippen LogP contribution is 2.39. The van der Waals surface area contributed by atoms with Crippen LogP contribution in [0.4, 0.5) is 6.01 Å². The fourth-order valence-corrected chi connectivity index (χ4v) is 2.66. The molecule has 8 nitrogen and oxygen atoms in total. The third-order valence-electron chi connectivity index (χ3n) is 3.99. The second-order valence-electron chi connectivity index (χ2n) is 5.88. The first-order chi connectivity index (χ1) is 10.0. The number of nitrogens with one attached hydrogen (secondary N) is 1. The zero-order valence-corrected chi connectivity index (χ0v) is 11.8. The van der Waals surface area contributed by atoms with Crippen LogP contribution in [0.15, 0.2) is 4.42 Å². The van der Waals surface area contributed by atoms with Gasteiger partial charge in [-0.15, -0.1) is 5.10 Å². The van der Waals surface area contributed by atoms with Crippen LogP contribution in [0.3, 0.4) is 0 Å². The standard InChI is InChI=1S/C13H18N4O4/c1-7-4-17(5-9(7)12(19)20)6-10(18)14-13-16-15-11(21-13)8-2-3-8/h7-9H,2-6H2,1H3,(H,19,20)(H,14,16,18). The van der Waals surface area contributed by atoms with E-state index in [1.165, 1.54) is 0 Å². The predicted octanol–water partition coefficient (Wildman–Crippen LogP) is 0.538. The van der Waals surface area contributed by atoms with Gasteiger partial charge in [-0.25, -0.2) is 0 Å². The Kier molecular flexibility index (Phi) is 3.62. The Morgan fingerprint density at radius 2 is 2.14 bits per heavy atom. The first-order valence-corrected chi connectivity index (χ1v) is 7.11. The van der Waals surface area contributed by atoms with Crippen molar-refractivity contribution in [3.05, 3.63) is 5.89 Å². The molecule has 2 fully saturated rings. The van der Waals surface area contributed by atoms with Gasteiger partial charge in [0.2, 0.25) is 11.8 Å². The Morgan fingerprint density at radius 3 is 2.76 bits per heavy atom. The van der Waals surface area contributed by atoms with Crippen LogP contribution >= 0.6 is 0 Å². The average molecular weight is 294 g/mol. The molecule has 0 radical (unpaired) electrons. The maximum Gasteiger partial charge on any atom is 0.322 e. The van der Waals surface area contributed by atoms with Crippen molar-refractivity contribution in [3.63, 3.8) is 0 Å².